The molecule has 0 radical (unpaired) electrons. The smallest absolute Gasteiger partial charge is 0.251 e. The fraction of sp³-hybridized carbons (Fsp3) is 0.680. The number of hydrogen-bond donors (Lipinski definition) is 1. The summed E-state index contributed by atoms with van der Waals surface area (Å²) in [6, 6.07) is 8.75. The standard InChI is InChI=1S/C25H39N5O2.HI/c1-20-9-11-28(12-10-20)19-22-7-4-3-6-21(22)18-27-25(26-2)30-15-13-29(14-16-30)24(31)23-8-5-17-32-23;/h3-4,6-7,20,23H,5,8-19H2,1-2H3,(H,26,27);1H. The maximum absolute atomic E-state index is 12.6. The van der Waals surface area contributed by atoms with Gasteiger partial charge in [0.15, 0.2) is 5.96 Å². The first-order chi connectivity index (χ1) is 15.6. The number of nitrogens with one attached hydrogen (secondary N) is 1. The Labute approximate surface area is 215 Å². The van der Waals surface area contributed by atoms with Crippen LogP contribution in [0.15, 0.2) is 29.3 Å². The summed E-state index contributed by atoms with van der Waals surface area (Å²) in [5, 5.41) is 3.57. The first-order valence-electron chi connectivity index (χ1n) is 12.3. The van der Waals surface area contributed by atoms with Crippen molar-refractivity contribution in [1.82, 2.24) is 20.0 Å². The minimum atomic E-state index is -0.224. The van der Waals surface area contributed by atoms with E-state index < -0.39 is 0 Å². The molecule has 33 heavy (non-hydrogen) atoms. The summed E-state index contributed by atoms with van der Waals surface area (Å²) < 4.78 is 5.58. The van der Waals surface area contributed by atoms with Crippen LogP contribution in [0.25, 0.3) is 0 Å². The Morgan fingerprint density at radius 2 is 1.70 bits per heavy atom. The van der Waals surface area contributed by atoms with Crippen LogP contribution >= 0.6 is 24.0 Å². The zero-order valence-corrected chi connectivity index (χ0v) is 22.5. The van der Waals surface area contributed by atoms with Crippen LogP contribution in [0.4, 0.5) is 0 Å². The van der Waals surface area contributed by atoms with Crippen molar-refractivity contribution < 1.29 is 9.53 Å². The normalized spacial score (nSPS) is 22.8. The Bertz CT molecular complexity index is 783. The number of hydrogen-bond acceptors (Lipinski definition) is 4. The maximum Gasteiger partial charge on any atom is 0.251 e. The van der Waals surface area contributed by atoms with Crippen LogP contribution < -0.4 is 5.32 Å². The fourth-order valence-corrected chi connectivity index (χ4v) is 4.97. The van der Waals surface area contributed by atoms with E-state index in [2.05, 4.69) is 51.3 Å². The van der Waals surface area contributed by atoms with Gasteiger partial charge in [-0.3, -0.25) is 14.7 Å². The highest BCUT2D eigenvalue weighted by Gasteiger charge is 2.31. The number of halogens is 1. The predicted molar refractivity (Wildman–Crippen MR) is 143 cm³/mol. The quantitative estimate of drug-likeness (QED) is 0.336. The van der Waals surface area contributed by atoms with E-state index in [1.54, 1.807) is 0 Å². The van der Waals surface area contributed by atoms with Crippen molar-refractivity contribution in [3.05, 3.63) is 35.4 Å². The Hall–Kier alpha value is -1.39. The Kier molecular flexibility index (Phi) is 10.2. The van der Waals surface area contributed by atoms with Gasteiger partial charge in [-0.2, -0.15) is 0 Å². The molecule has 1 unspecified atom stereocenters. The molecule has 1 amide bonds. The molecule has 0 bridgehead atoms. The number of aliphatic imine (C=N–C) groups is 1. The second kappa shape index (κ2) is 12.9. The van der Waals surface area contributed by atoms with Gasteiger partial charge in [0.1, 0.15) is 6.10 Å². The van der Waals surface area contributed by atoms with Crippen LogP contribution in [-0.4, -0.2) is 85.6 Å². The average Bonchev–Trinajstić information content (AvgIpc) is 3.37. The van der Waals surface area contributed by atoms with Crippen molar-refractivity contribution in [2.24, 2.45) is 10.9 Å². The summed E-state index contributed by atoms with van der Waals surface area (Å²) in [7, 11) is 1.84. The van der Waals surface area contributed by atoms with Gasteiger partial charge in [-0.05, 0) is 55.8 Å². The second-order valence-corrected chi connectivity index (χ2v) is 9.44. The molecule has 4 rings (SSSR count). The van der Waals surface area contributed by atoms with E-state index in [-0.39, 0.29) is 36.0 Å². The van der Waals surface area contributed by atoms with Gasteiger partial charge in [0.05, 0.1) is 0 Å². The van der Waals surface area contributed by atoms with Crippen molar-refractivity contribution in [2.75, 3.05) is 52.9 Å². The molecule has 1 aromatic carbocycles. The summed E-state index contributed by atoms with van der Waals surface area (Å²) in [6.07, 6.45) is 4.23. The predicted octanol–water partition coefficient (Wildman–Crippen LogP) is 2.94. The third-order valence-corrected chi connectivity index (χ3v) is 7.13. The van der Waals surface area contributed by atoms with Gasteiger partial charge >= 0.3 is 0 Å². The highest BCUT2D eigenvalue weighted by atomic mass is 127. The first kappa shape index (κ1) is 26.2. The molecule has 3 heterocycles. The van der Waals surface area contributed by atoms with Gasteiger partial charge in [-0.1, -0.05) is 31.2 Å². The van der Waals surface area contributed by atoms with Gasteiger partial charge in [0.2, 0.25) is 0 Å². The minimum Gasteiger partial charge on any atom is -0.368 e. The zero-order chi connectivity index (χ0) is 22.3. The number of likely N-dealkylation sites (tertiary alicyclic amines) is 1. The monoisotopic (exact) mass is 569 g/mol. The highest BCUT2D eigenvalue weighted by molar-refractivity contribution is 14.0. The van der Waals surface area contributed by atoms with Crippen molar-refractivity contribution in [3.63, 3.8) is 0 Å². The molecule has 1 N–H and O–H groups in total. The highest BCUT2D eigenvalue weighted by Crippen LogP contribution is 2.20. The third kappa shape index (κ3) is 7.05. The first-order valence-corrected chi connectivity index (χ1v) is 12.3. The Morgan fingerprint density at radius 1 is 1.03 bits per heavy atom. The van der Waals surface area contributed by atoms with Gasteiger partial charge in [0.25, 0.3) is 5.91 Å². The van der Waals surface area contributed by atoms with Gasteiger partial charge in [-0.15, -0.1) is 24.0 Å². The van der Waals surface area contributed by atoms with E-state index in [4.69, 9.17) is 4.74 Å². The number of guanidine groups is 1. The van der Waals surface area contributed by atoms with Crippen LogP contribution in [0.3, 0.4) is 0 Å². The van der Waals surface area contributed by atoms with E-state index in [1.165, 1.54) is 37.1 Å². The van der Waals surface area contributed by atoms with E-state index >= 15 is 0 Å². The van der Waals surface area contributed by atoms with Crippen molar-refractivity contribution in [3.8, 4) is 0 Å². The summed E-state index contributed by atoms with van der Waals surface area (Å²) in [6.45, 7) is 10.3. The molecule has 1 atom stereocenters. The molecule has 3 aliphatic heterocycles. The lowest BCUT2D eigenvalue weighted by Crippen LogP contribution is -2.55. The molecular formula is C25H40IN5O2. The second-order valence-electron chi connectivity index (χ2n) is 9.44. The third-order valence-electron chi connectivity index (χ3n) is 7.13. The van der Waals surface area contributed by atoms with Crippen molar-refractivity contribution in [2.45, 2.75) is 51.8 Å². The van der Waals surface area contributed by atoms with E-state index in [0.29, 0.717) is 6.61 Å². The molecule has 7 nitrogen and oxygen atoms in total. The number of benzene rings is 1. The number of amides is 1. The van der Waals surface area contributed by atoms with Crippen LogP contribution in [0, 0.1) is 5.92 Å². The fourth-order valence-electron chi connectivity index (χ4n) is 4.97. The molecule has 3 fully saturated rings. The van der Waals surface area contributed by atoms with E-state index in [0.717, 1.165) is 64.0 Å². The molecule has 184 valence electrons. The van der Waals surface area contributed by atoms with Crippen LogP contribution in [0.2, 0.25) is 0 Å². The molecule has 1 aromatic rings. The van der Waals surface area contributed by atoms with Crippen LogP contribution in [0.5, 0.6) is 0 Å². The van der Waals surface area contributed by atoms with Crippen molar-refractivity contribution >= 4 is 35.8 Å². The van der Waals surface area contributed by atoms with E-state index in [1.807, 2.05) is 11.9 Å². The maximum atomic E-state index is 12.6. The molecule has 3 saturated heterocycles. The number of ether oxygens (including phenoxy) is 1. The van der Waals surface area contributed by atoms with Gasteiger partial charge in [0, 0.05) is 52.9 Å². The Balaban J connectivity index is 0.00000306. The average molecular weight is 570 g/mol. The SMILES string of the molecule is CN=C(NCc1ccccc1CN1CCC(C)CC1)N1CCN(C(=O)C2CCCO2)CC1.I. The van der Waals surface area contributed by atoms with Crippen molar-refractivity contribution in [1.29, 1.82) is 0 Å². The Morgan fingerprint density at radius 3 is 2.33 bits per heavy atom. The lowest BCUT2D eigenvalue weighted by Gasteiger charge is -2.37. The van der Waals surface area contributed by atoms with E-state index in [9.17, 15) is 4.79 Å². The minimum absolute atomic E-state index is 0. The molecule has 0 aromatic heterocycles. The molecule has 0 spiro atoms. The van der Waals surface area contributed by atoms with Gasteiger partial charge in [-0.25, -0.2) is 0 Å². The lowest BCUT2D eigenvalue weighted by atomic mass is 9.98. The molecule has 0 aliphatic carbocycles. The van der Waals surface area contributed by atoms with Gasteiger partial charge < -0.3 is 19.9 Å². The summed E-state index contributed by atoms with van der Waals surface area (Å²) in [5.74, 6) is 1.93. The zero-order valence-electron chi connectivity index (χ0n) is 20.2. The lowest BCUT2D eigenvalue weighted by molar-refractivity contribution is -0.142. The summed E-state index contributed by atoms with van der Waals surface area (Å²) >= 11 is 0. The summed E-state index contributed by atoms with van der Waals surface area (Å²) in [4.78, 5) is 23.9. The number of piperazine rings is 1. The number of nitrogens with zero attached hydrogens (tertiary/aromatic N) is 4. The molecular weight excluding hydrogens is 529 g/mol. The largest absolute Gasteiger partial charge is 0.368 e. The number of carbonyl (C=O) groups excluding carboxylic acids is 1. The van der Waals surface area contributed by atoms with Crippen LogP contribution in [-0.2, 0) is 22.6 Å². The molecule has 3 aliphatic rings. The number of carbonyl (C=O) groups is 1. The van der Waals surface area contributed by atoms with Crippen LogP contribution in [0.1, 0.15) is 43.7 Å². The number of piperidine rings is 1. The topological polar surface area (TPSA) is 60.4 Å². The molecule has 0 saturated carbocycles. The molecule has 8 heteroatoms. The number of rotatable bonds is 5. The summed E-state index contributed by atoms with van der Waals surface area (Å²) in [5.41, 5.74) is 2.73.